The van der Waals surface area contributed by atoms with Crippen LogP contribution in [0.3, 0.4) is 0 Å². The van der Waals surface area contributed by atoms with E-state index >= 15 is 0 Å². The molecular formula is C25H21F5. The van der Waals surface area contributed by atoms with Crippen molar-refractivity contribution in [2.75, 3.05) is 0 Å². The molecule has 5 heteroatoms. The van der Waals surface area contributed by atoms with E-state index in [1.54, 1.807) is 18.2 Å². The van der Waals surface area contributed by atoms with Crippen LogP contribution in [0.15, 0.2) is 42.5 Å². The Kier molecular flexibility index (Phi) is 5.63. The van der Waals surface area contributed by atoms with Crippen LogP contribution in [0.4, 0.5) is 22.0 Å². The summed E-state index contributed by atoms with van der Waals surface area (Å²) < 4.78 is 71.5. The Hall–Kier alpha value is -2.69. The van der Waals surface area contributed by atoms with E-state index in [4.69, 9.17) is 0 Å². The second-order valence-corrected chi connectivity index (χ2v) is 7.83. The van der Waals surface area contributed by atoms with E-state index in [1.807, 2.05) is 6.92 Å². The topological polar surface area (TPSA) is 0 Å². The van der Waals surface area contributed by atoms with Crippen LogP contribution >= 0.6 is 0 Å². The van der Waals surface area contributed by atoms with E-state index in [-0.39, 0.29) is 17.0 Å². The van der Waals surface area contributed by atoms with Crippen molar-refractivity contribution in [3.8, 4) is 11.1 Å². The summed E-state index contributed by atoms with van der Waals surface area (Å²) in [5, 5.41) is 0. The highest BCUT2D eigenvalue weighted by molar-refractivity contribution is 5.67. The predicted octanol–water partition coefficient (Wildman–Crippen LogP) is 7.27. The van der Waals surface area contributed by atoms with E-state index in [0.717, 1.165) is 18.1 Å². The molecule has 0 radical (unpaired) electrons. The van der Waals surface area contributed by atoms with Gasteiger partial charge in [0.25, 0.3) is 0 Å². The van der Waals surface area contributed by atoms with Gasteiger partial charge >= 0.3 is 0 Å². The lowest BCUT2D eigenvalue weighted by Gasteiger charge is -2.26. The highest BCUT2D eigenvalue weighted by atomic mass is 19.2. The van der Waals surface area contributed by atoms with Crippen molar-refractivity contribution in [3.63, 3.8) is 0 Å². The molecule has 0 bridgehead atoms. The van der Waals surface area contributed by atoms with Gasteiger partial charge in [-0.05, 0) is 72.1 Å². The first-order valence-electron chi connectivity index (χ1n) is 10.1. The first kappa shape index (κ1) is 20.6. The fourth-order valence-electron chi connectivity index (χ4n) is 4.35. The summed E-state index contributed by atoms with van der Waals surface area (Å²) in [7, 11) is 0. The van der Waals surface area contributed by atoms with Crippen molar-refractivity contribution < 1.29 is 22.0 Å². The largest absolute Gasteiger partial charge is 0.206 e. The summed E-state index contributed by atoms with van der Waals surface area (Å²) in [6.07, 6.45) is 2.64. The highest BCUT2D eigenvalue weighted by Crippen LogP contribution is 2.38. The number of rotatable bonds is 4. The standard InChI is InChI=1S/C25H21F5/c1-2-4-14-9-10-18(25(30)23(14)28)16-8-7-15-12-20(22(27)13-17(15)11-16)19-5-3-6-21(26)24(19)29/h3,5-6,9-10,12-13,16H,2,4,7-8,11H2,1H3. The van der Waals surface area contributed by atoms with Gasteiger partial charge in [0.1, 0.15) is 5.82 Å². The lowest BCUT2D eigenvalue weighted by molar-refractivity contribution is 0.466. The van der Waals surface area contributed by atoms with Crippen LogP contribution in [0.5, 0.6) is 0 Å². The smallest absolute Gasteiger partial charge is 0.166 e. The monoisotopic (exact) mass is 416 g/mol. The van der Waals surface area contributed by atoms with Crippen molar-refractivity contribution >= 4 is 0 Å². The van der Waals surface area contributed by atoms with Crippen LogP contribution in [0.1, 0.15) is 47.9 Å². The molecule has 3 aromatic carbocycles. The van der Waals surface area contributed by atoms with E-state index in [9.17, 15) is 22.0 Å². The van der Waals surface area contributed by atoms with E-state index in [0.29, 0.717) is 42.4 Å². The molecule has 0 nitrogen and oxygen atoms in total. The molecule has 0 fully saturated rings. The summed E-state index contributed by atoms with van der Waals surface area (Å²) in [5.41, 5.74) is 2.04. The number of fused-ring (bicyclic) bond motifs is 1. The van der Waals surface area contributed by atoms with Crippen LogP contribution in [-0.2, 0) is 19.3 Å². The Balaban J connectivity index is 1.67. The fourth-order valence-corrected chi connectivity index (χ4v) is 4.35. The molecule has 1 unspecified atom stereocenters. The fraction of sp³-hybridized carbons (Fsp3) is 0.280. The Bertz CT molecular complexity index is 1100. The Morgan fingerprint density at radius 1 is 0.800 bits per heavy atom. The van der Waals surface area contributed by atoms with Crippen LogP contribution in [0, 0.1) is 29.1 Å². The van der Waals surface area contributed by atoms with Crippen molar-refractivity contribution in [3.05, 3.63) is 93.8 Å². The Morgan fingerprint density at radius 2 is 1.60 bits per heavy atom. The Morgan fingerprint density at radius 3 is 2.37 bits per heavy atom. The number of aryl methyl sites for hydroxylation is 2. The van der Waals surface area contributed by atoms with Crippen molar-refractivity contribution in [2.45, 2.75) is 44.9 Å². The van der Waals surface area contributed by atoms with Crippen molar-refractivity contribution in [1.82, 2.24) is 0 Å². The lowest BCUT2D eigenvalue weighted by Crippen LogP contribution is -2.16. The molecular weight excluding hydrogens is 395 g/mol. The Labute approximate surface area is 172 Å². The number of benzene rings is 3. The molecule has 4 rings (SSSR count). The number of hydrogen-bond acceptors (Lipinski definition) is 0. The molecule has 3 aromatic rings. The highest BCUT2D eigenvalue weighted by Gasteiger charge is 2.26. The molecule has 0 aromatic heterocycles. The summed E-state index contributed by atoms with van der Waals surface area (Å²) >= 11 is 0. The first-order chi connectivity index (χ1) is 14.4. The number of hydrogen-bond donors (Lipinski definition) is 0. The molecule has 156 valence electrons. The second-order valence-electron chi connectivity index (χ2n) is 7.83. The van der Waals surface area contributed by atoms with E-state index in [2.05, 4.69) is 0 Å². The molecule has 0 spiro atoms. The van der Waals surface area contributed by atoms with Gasteiger partial charge in [-0.1, -0.05) is 37.6 Å². The minimum atomic E-state index is -1.09. The van der Waals surface area contributed by atoms with Gasteiger partial charge in [-0.25, -0.2) is 22.0 Å². The molecule has 1 atom stereocenters. The van der Waals surface area contributed by atoms with Gasteiger partial charge in [-0.3, -0.25) is 0 Å². The molecule has 0 heterocycles. The third kappa shape index (κ3) is 3.62. The van der Waals surface area contributed by atoms with Gasteiger partial charge < -0.3 is 0 Å². The number of halogens is 5. The van der Waals surface area contributed by atoms with Gasteiger partial charge in [-0.15, -0.1) is 0 Å². The van der Waals surface area contributed by atoms with Gasteiger partial charge in [-0.2, -0.15) is 0 Å². The normalized spacial score (nSPS) is 15.9. The van der Waals surface area contributed by atoms with Crippen LogP contribution < -0.4 is 0 Å². The molecule has 0 aliphatic heterocycles. The molecule has 1 aliphatic carbocycles. The summed E-state index contributed by atoms with van der Waals surface area (Å²) in [6, 6.07) is 9.77. The zero-order chi connectivity index (χ0) is 21.4. The maximum atomic E-state index is 14.8. The van der Waals surface area contributed by atoms with Gasteiger partial charge in [0, 0.05) is 11.1 Å². The first-order valence-corrected chi connectivity index (χ1v) is 10.1. The molecule has 0 amide bonds. The van der Waals surface area contributed by atoms with Crippen molar-refractivity contribution in [2.24, 2.45) is 0 Å². The molecule has 0 N–H and O–H groups in total. The van der Waals surface area contributed by atoms with Crippen LogP contribution in [0.25, 0.3) is 11.1 Å². The van der Waals surface area contributed by atoms with Gasteiger partial charge in [0.05, 0.1) is 0 Å². The van der Waals surface area contributed by atoms with Crippen molar-refractivity contribution in [1.29, 1.82) is 0 Å². The lowest BCUT2D eigenvalue weighted by atomic mass is 9.78. The van der Waals surface area contributed by atoms with Crippen LogP contribution in [-0.4, -0.2) is 0 Å². The third-order valence-electron chi connectivity index (χ3n) is 5.91. The molecule has 1 aliphatic rings. The van der Waals surface area contributed by atoms with Gasteiger partial charge in [0.15, 0.2) is 23.3 Å². The second kappa shape index (κ2) is 8.21. The molecule has 0 saturated carbocycles. The summed E-state index contributed by atoms with van der Waals surface area (Å²) in [6.45, 7) is 1.90. The van der Waals surface area contributed by atoms with E-state index in [1.165, 1.54) is 18.2 Å². The molecule has 0 saturated heterocycles. The maximum absolute atomic E-state index is 14.8. The minimum Gasteiger partial charge on any atom is -0.206 e. The van der Waals surface area contributed by atoms with Crippen LogP contribution in [0.2, 0.25) is 0 Å². The summed E-state index contributed by atoms with van der Waals surface area (Å²) in [4.78, 5) is 0. The minimum absolute atomic E-state index is 0.00495. The zero-order valence-electron chi connectivity index (χ0n) is 16.5. The average molecular weight is 416 g/mol. The average Bonchev–Trinajstić information content (AvgIpc) is 2.73. The SMILES string of the molecule is CCCc1ccc(C2CCc3cc(-c4cccc(F)c4F)c(F)cc3C2)c(F)c1F. The zero-order valence-corrected chi connectivity index (χ0v) is 16.5. The van der Waals surface area contributed by atoms with Gasteiger partial charge in [0.2, 0.25) is 0 Å². The molecule has 30 heavy (non-hydrogen) atoms. The summed E-state index contributed by atoms with van der Waals surface area (Å²) in [5.74, 6) is -4.68. The maximum Gasteiger partial charge on any atom is 0.166 e. The predicted molar refractivity (Wildman–Crippen MR) is 107 cm³/mol. The quantitative estimate of drug-likeness (QED) is 0.392. The van der Waals surface area contributed by atoms with E-state index < -0.39 is 29.1 Å². The third-order valence-corrected chi connectivity index (χ3v) is 5.91.